The second kappa shape index (κ2) is 5.14. The number of carbonyl (C=O) groups is 1. The van der Waals surface area contributed by atoms with Gasteiger partial charge in [0.1, 0.15) is 5.82 Å². The third kappa shape index (κ3) is 3.04. The minimum Gasteiger partial charge on any atom is -0.481 e. The molecule has 0 bridgehead atoms. The molecule has 1 aromatic carbocycles. The number of hydrogen-bond donors (Lipinski definition) is 1. The average Bonchev–Trinajstić information content (AvgIpc) is 2.71. The minimum absolute atomic E-state index is 0.269. The quantitative estimate of drug-likeness (QED) is 0.932. The van der Waals surface area contributed by atoms with Gasteiger partial charge in [0.05, 0.1) is 5.92 Å². The van der Waals surface area contributed by atoms with E-state index < -0.39 is 5.97 Å². The highest BCUT2D eigenvalue weighted by Gasteiger charge is 2.27. The molecule has 17 heavy (non-hydrogen) atoms. The van der Waals surface area contributed by atoms with Crippen molar-refractivity contribution in [2.75, 3.05) is 13.1 Å². The number of nitrogens with zero attached hydrogens (tertiary/aromatic N) is 1. The average molecular weight is 302 g/mol. The molecule has 5 heteroatoms. The second-order valence-corrected chi connectivity index (χ2v) is 5.15. The van der Waals surface area contributed by atoms with Gasteiger partial charge in [0.25, 0.3) is 0 Å². The molecule has 1 heterocycles. The van der Waals surface area contributed by atoms with E-state index in [0.29, 0.717) is 19.5 Å². The summed E-state index contributed by atoms with van der Waals surface area (Å²) in [5.41, 5.74) is 0.984. The summed E-state index contributed by atoms with van der Waals surface area (Å²) in [6.45, 7) is 2.00. The van der Waals surface area contributed by atoms with Crippen LogP contribution in [0.5, 0.6) is 0 Å². The van der Waals surface area contributed by atoms with Crippen LogP contribution in [0.4, 0.5) is 4.39 Å². The lowest BCUT2D eigenvalue weighted by Crippen LogP contribution is -2.23. The second-order valence-electron chi connectivity index (χ2n) is 4.29. The first-order valence-corrected chi connectivity index (χ1v) is 6.24. The molecule has 1 aromatic rings. The van der Waals surface area contributed by atoms with E-state index in [1.54, 1.807) is 6.07 Å². The van der Waals surface area contributed by atoms with Gasteiger partial charge in [-0.3, -0.25) is 9.69 Å². The highest BCUT2D eigenvalue weighted by Crippen LogP contribution is 2.23. The Kier molecular flexibility index (Phi) is 3.79. The van der Waals surface area contributed by atoms with Gasteiger partial charge in [-0.15, -0.1) is 0 Å². The van der Waals surface area contributed by atoms with E-state index in [4.69, 9.17) is 5.11 Å². The molecule has 1 saturated heterocycles. The molecule has 1 N–H and O–H groups in total. The Bertz CT molecular complexity index is 439. The summed E-state index contributed by atoms with van der Waals surface area (Å²) in [4.78, 5) is 12.9. The molecule has 0 saturated carbocycles. The Labute approximate surface area is 107 Å². The van der Waals surface area contributed by atoms with Crippen molar-refractivity contribution >= 4 is 21.9 Å². The van der Waals surface area contributed by atoms with Crippen LogP contribution in [0.1, 0.15) is 12.0 Å². The third-order valence-corrected chi connectivity index (χ3v) is 3.77. The van der Waals surface area contributed by atoms with Gasteiger partial charge >= 0.3 is 5.97 Å². The SMILES string of the molecule is O=C(O)[C@@H]1CCN(Cc2ccc(F)cc2Br)C1. The van der Waals surface area contributed by atoms with Gasteiger partial charge in [0.2, 0.25) is 0 Å². The maximum Gasteiger partial charge on any atom is 0.307 e. The lowest BCUT2D eigenvalue weighted by molar-refractivity contribution is -0.141. The molecule has 0 amide bonds. The van der Waals surface area contributed by atoms with E-state index >= 15 is 0 Å². The maximum absolute atomic E-state index is 12.9. The molecule has 0 unspecified atom stereocenters. The summed E-state index contributed by atoms with van der Waals surface area (Å²) >= 11 is 3.32. The summed E-state index contributed by atoms with van der Waals surface area (Å²) in [5, 5.41) is 8.90. The maximum atomic E-state index is 12.9. The van der Waals surface area contributed by atoms with Crippen LogP contribution in [0.3, 0.4) is 0 Å². The van der Waals surface area contributed by atoms with Crippen molar-refractivity contribution in [3.63, 3.8) is 0 Å². The van der Waals surface area contributed by atoms with E-state index in [0.717, 1.165) is 16.6 Å². The van der Waals surface area contributed by atoms with Gasteiger partial charge in [-0.25, -0.2) is 4.39 Å². The summed E-state index contributed by atoms with van der Waals surface area (Å²) in [6.07, 6.45) is 0.689. The first-order chi connectivity index (χ1) is 8.06. The molecule has 92 valence electrons. The normalized spacial score (nSPS) is 20.7. The van der Waals surface area contributed by atoms with Gasteiger partial charge in [0, 0.05) is 17.6 Å². The lowest BCUT2D eigenvalue weighted by Gasteiger charge is -2.16. The van der Waals surface area contributed by atoms with E-state index in [-0.39, 0.29) is 11.7 Å². The highest BCUT2D eigenvalue weighted by molar-refractivity contribution is 9.10. The molecule has 1 fully saturated rings. The number of carboxylic acid groups (broad SMARTS) is 1. The summed E-state index contributed by atoms with van der Waals surface area (Å²) < 4.78 is 13.6. The zero-order valence-corrected chi connectivity index (χ0v) is 10.8. The lowest BCUT2D eigenvalue weighted by atomic mass is 10.1. The molecule has 2 rings (SSSR count). The van der Waals surface area contributed by atoms with Crippen LogP contribution in [0.15, 0.2) is 22.7 Å². The molecule has 1 aliphatic heterocycles. The van der Waals surface area contributed by atoms with Gasteiger partial charge in [0.15, 0.2) is 0 Å². The van der Waals surface area contributed by atoms with Crippen molar-refractivity contribution in [1.29, 1.82) is 0 Å². The van der Waals surface area contributed by atoms with Crippen LogP contribution >= 0.6 is 15.9 Å². The number of aliphatic carboxylic acids is 1. The summed E-state index contributed by atoms with van der Waals surface area (Å²) in [6, 6.07) is 4.58. The Hall–Kier alpha value is -0.940. The van der Waals surface area contributed by atoms with Crippen LogP contribution in [0, 0.1) is 11.7 Å². The topological polar surface area (TPSA) is 40.5 Å². The molecule has 1 aliphatic rings. The van der Waals surface area contributed by atoms with Crippen molar-refractivity contribution in [3.05, 3.63) is 34.1 Å². The zero-order valence-electron chi connectivity index (χ0n) is 9.20. The first kappa shape index (κ1) is 12.5. The molecule has 1 atom stereocenters. The Morgan fingerprint density at radius 2 is 2.35 bits per heavy atom. The molecule has 0 aromatic heterocycles. The van der Waals surface area contributed by atoms with Crippen molar-refractivity contribution in [3.8, 4) is 0 Å². The molecular weight excluding hydrogens is 289 g/mol. The Balaban J connectivity index is 2.00. The van der Waals surface area contributed by atoms with Crippen molar-refractivity contribution < 1.29 is 14.3 Å². The van der Waals surface area contributed by atoms with E-state index in [1.807, 2.05) is 0 Å². The standard InChI is InChI=1S/C12H13BrFNO2/c13-11-5-10(14)2-1-8(11)6-15-4-3-9(7-15)12(16)17/h1-2,5,9H,3-4,6-7H2,(H,16,17)/t9-/m1/s1. The third-order valence-electron chi connectivity index (χ3n) is 3.03. The van der Waals surface area contributed by atoms with Crippen molar-refractivity contribution in [1.82, 2.24) is 4.90 Å². The van der Waals surface area contributed by atoms with Crippen LogP contribution in [-0.2, 0) is 11.3 Å². The Morgan fingerprint density at radius 1 is 1.59 bits per heavy atom. The monoisotopic (exact) mass is 301 g/mol. The van der Waals surface area contributed by atoms with E-state index in [9.17, 15) is 9.18 Å². The smallest absolute Gasteiger partial charge is 0.307 e. The predicted octanol–water partition coefficient (Wildman–Crippen LogP) is 2.49. The molecular formula is C12H13BrFNO2. The van der Waals surface area contributed by atoms with Crippen LogP contribution in [0.25, 0.3) is 0 Å². The van der Waals surface area contributed by atoms with Crippen LogP contribution in [-0.4, -0.2) is 29.1 Å². The Morgan fingerprint density at radius 3 is 2.94 bits per heavy atom. The number of likely N-dealkylation sites (tertiary alicyclic amines) is 1. The number of hydrogen-bond acceptors (Lipinski definition) is 2. The van der Waals surface area contributed by atoms with Crippen molar-refractivity contribution in [2.24, 2.45) is 5.92 Å². The van der Waals surface area contributed by atoms with Crippen LogP contribution in [0.2, 0.25) is 0 Å². The fraction of sp³-hybridized carbons (Fsp3) is 0.417. The molecule has 0 radical (unpaired) electrons. The fourth-order valence-electron chi connectivity index (χ4n) is 2.07. The molecule has 3 nitrogen and oxygen atoms in total. The summed E-state index contributed by atoms with van der Waals surface area (Å²) in [5.74, 6) is -1.27. The first-order valence-electron chi connectivity index (χ1n) is 5.45. The minimum atomic E-state index is -0.731. The predicted molar refractivity (Wildman–Crippen MR) is 65.1 cm³/mol. The highest BCUT2D eigenvalue weighted by atomic mass is 79.9. The largest absolute Gasteiger partial charge is 0.481 e. The van der Waals surface area contributed by atoms with E-state index in [1.165, 1.54) is 12.1 Å². The molecule has 0 aliphatic carbocycles. The van der Waals surface area contributed by atoms with Gasteiger partial charge < -0.3 is 5.11 Å². The van der Waals surface area contributed by atoms with Gasteiger partial charge in [-0.05, 0) is 30.7 Å². The van der Waals surface area contributed by atoms with Crippen LogP contribution < -0.4 is 0 Å². The number of halogens is 2. The fourth-order valence-corrected chi connectivity index (χ4v) is 2.54. The summed E-state index contributed by atoms with van der Waals surface area (Å²) in [7, 11) is 0. The number of benzene rings is 1. The molecule has 0 spiro atoms. The number of rotatable bonds is 3. The van der Waals surface area contributed by atoms with Gasteiger partial charge in [-0.1, -0.05) is 22.0 Å². The zero-order chi connectivity index (χ0) is 12.4. The van der Waals surface area contributed by atoms with Gasteiger partial charge in [-0.2, -0.15) is 0 Å². The number of carboxylic acids is 1. The van der Waals surface area contributed by atoms with E-state index in [2.05, 4.69) is 20.8 Å². The van der Waals surface area contributed by atoms with Crippen molar-refractivity contribution in [2.45, 2.75) is 13.0 Å².